The predicted octanol–water partition coefficient (Wildman–Crippen LogP) is 4.79. The maximum Gasteiger partial charge on any atom is 0.349 e. The normalized spacial score (nSPS) is 12.0. The lowest BCUT2D eigenvalue weighted by Gasteiger charge is -2.40. The van der Waals surface area contributed by atoms with Crippen LogP contribution in [0.4, 0.5) is 0 Å². The smallest absolute Gasteiger partial charge is 0.349 e. The van der Waals surface area contributed by atoms with Crippen LogP contribution in [0.5, 0.6) is 5.75 Å². The van der Waals surface area contributed by atoms with Crippen molar-refractivity contribution in [1.29, 1.82) is 0 Å². The van der Waals surface area contributed by atoms with Crippen LogP contribution in [0.2, 0.25) is 0 Å². The van der Waals surface area contributed by atoms with Gasteiger partial charge in [0.25, 0.3) is 0 Å². The van der Waals surface area contributed by atoms with Gasteiger partial charge >= 0.3 is 11.9 Å². The van der Waals surface area contributed by atoms with Crippen LogP contribution >= 0.6 is 0 Å². The molecule has 0 atom stereocenters. The van der Waals surface area contributed by atoms with Crippen molar-refractivity contribution in [1.82, 2.24) is 0 Å². The van der Waals surface area contributed by atoms with E-state index < -0.39 is 11.9 Å². The molecule has 0 aliphatic carbocycles. The molecule has 0 N–H and O–H groups in total. The van der Waals surface area contributed by atoms with E-state index in [2.05, 4.69) is 48.1 Å². The van der Waals surface area contributed by atoms with E-state index in [1.165, 1.54) is 6.92 Å². The standard InChI is InChI=1S/C20H28O4/c1-13(2)16(21)24-17(22)14-11-9-10-12-15(14)23-18(19(3,4)5)20(6,7)8/h9-12,18H,1H2,2-8H3. The molecule has 0 aliphatic heterocycles. The van der Waals surface area contributed by atoms with Crippen LogP contribution in [-0.2, 0) is 9.53 Å². The molecule has 0 saturated carbocycles. The zero-order chi connectivity index (χ0) is 18.7. The summed E-state index contributed by atoms with van der Waals surface area (Å²) in [6.45, 7) is 17.5. The molecular formula is C20H28O4. The summed E-state index contributed by atoms with van der Waals surface area (Å²) in [6, 6.07) is 6.80. The maximum absolute atomic E-state index is 12.3. The minimum absolute atomic E-state index is 0.136. The maximum atomic E-state index is 12.3. The van der Waals surface area contributed by atoms with Gasteiger partial charge < -0.3 is 9.47 Å². The molecule has 1 rings (SSSR count). The van der Waals surface area contributed by atoms with Gasteiger partial charge in [-0.15, -0.1) is 0 Å². The zero-order valence-corrected chi connectivity index (χ0v) is 15.7. The minimum atomic E-state index is -0.738. The number of ether oxygens (including phenoxy) is 2. The molecule has 0 radical (unpaired) electrons. The van der Waals surface area contributed by atoms with E-state index in [0.29, 0.717) is 5.75 Å². The third-order valence-electron chi connectivity index (χ3n) is 3.46. The van der Waals surface area contributed by atoms with E-state index in [9.17, 15) is 9.59 Å². The van der Waals surface area contributed by atoms with Crippen LogP contribution in [0.1, 0.15) is 58.8 Å². The van der Waals surface area contributed by atoms with Gasteiger partial charge in [-0.05, 0) is 29.9 Å². The highest BCUT2D eigenvalue weighted by atomic mass is 16.6. The molecule has 1 aromatic carbocycles. The molecule has 4 nitrogen and oxygen atoms in total. The SMILES string of the molecule is C=C(C)C(=O)OC(=O)c1ccccc1OC(C(C)(C)C)C(C)(C)C. The summed E-state index contributed by atoms with van der Waals surface area (Å²) >= 11 is 0. The molecule has 1 aromatic rings. The molecule has 0 saturated heterocycles. The van der Waals surface area contributed by atoms with E-state index in [0.717, 1.165) is 0 Å². The van der Waals surface area contributed by atoms with Crippen molar-refractivity contribution in [2.45, 2.75) is 54.6 Å². The van der Waals surface area contributed by atoms with Gasteiger partial charge in [0.15, 0.2) is 0 Å². The topological polar surface area (TPSA) is 52.6 Å². The molecule has 0 heterocycles. The quantitative estimate of drug-likeness (QED) is 0.452. The largest absolute Gasteiger partial charge is 0.488 e. The number of hydrogen-bond donors (Lipinski definition) is 0. The van der Waals surface area contributed by atoms with Crippen LogP contribution in [-0.4, -0.2) is 18.0 Å². The van der Waals surface area contributed by atoms with Crippen molar-refractivity contribution >= 4 is 11.9 Å². The first-order chi connectivity index (χ1) is 10.8. The second kappa shape index (κ2) is 7.20. The number of rotatable bonds is 4. The second-order valence-electron chi connectivity index (χ2n) is 8.18. The zero-order valence-electron chi connectivity index (χ0n) is 15.7. The number of hydrogen-bond acceptors (Lipinski definition) is 4. The fourth-order valence-corrected chi connectivity index (χ4v) is 2.74. The first kappa shape index (κ1) is 19.9. The van der Waals surface area contributed by atoms with Gasteiger partial charge in [-0.2, -0.15) is 0 Å². The Bertz CT molecular complexity index is 616. The summed E-state index contributed by atoms with van der Waals surface area (Å²) in [4.78, 5) is 23.9. The lowest BCUT2D eigenvalue weighted by atomic mass is 9.74. The van der Waals surface area contributed by atoms with Crippen molar-refractivity contribution in [3.8, 4) is 5.75 Å². The number of para-hydroxylation sites is 1. The average Bonchev–Trinajstić information content (AvgIpc) is 2.42. The molecule has 0 aliphatic rings. The Kier molecular flexibility index (Phi) is 5.99. The van der Waals surface area contributed by atoms with Gasteiger partial charge in [-0.3, -0.25) is 0 Å². The Morgan fingerprint density at radius 2 is 1.50 bits per heavy atom. The highest BCUT2D eigenvalue weighted by Crippen LogP contribution is 2.37. The van der Waals surface area contributed by atoms with Gasteiger partial charge in [-0.25, -0.2) is 9.59 Å². The Labute approximate surface area is 144 Å². The van der Waals surface area contributed by atoms with Crippen LogP contribution in [0.25, 0.3) is 0 Å². The van der Waals surface area contributed by atoms with Crippen molar-refractivity contribution in [2.24, 2.45) is 10.8 Å². The first-order valence-corrected chi connectivity index (χ1v) is 8.01. The van der Waals surface area contributed by atoms with Crippen LogP contribution in [0, 0.1) is 10.8 Å². The Morgan fingerprint density at radius 3 is 1.96 bits per heavy atom. The van der Waals surface area contributed by atoms with Gasteiger partial charge in [0.1, 0.15) is 17.4 Å². The average molecular weight is 332 g/mol. The fourth-order valence-electron chi connectivity index (χ4n) is 2.74. The molecule has 0 fully saturated rings. The molecule has 4 heteroatoms. The van der Waals surface area contributed by atoms with Crippen molar-refractivity contribution in [3.05, 3.63) is 42.0 Å². The summed E-state index contributed by atoms with van der Waals surface area (Å²) in [5.74, 6) is -1.06. The fraction of sp³-hybridized carbons (Fsp3) is 0.500. The highest BCUT2D eigenvalue weighted by molar-refractivity contribution is 6.03. The molecule has 0 amide bonds. The highest BCUT2D eigenvalue weighted by Gasteiger charge is 2.37. The van der Waals surface area contributed by atoms with Gasteiger partial charge in [0.05, 0.1) is 0 Å². The number of carbonyl (C=O) groups excluding carboxylic acids is 2. The van der Waals surface area contributed by atoms with Crippen molar-refractivity contribution in [3.63, 3.8) is 0 Å². The summed E-state index contributed by atoms with van der Waals surface area (Å²) in [5.41, 5.74) is 0.126. The van der Waals surface area contributed by atoms with Gasteiger partial charge in [0, 0.05) is 5.57 Å². The predicted molar refractivity (Wildman–Crippen MR) is 95.0 cm³/mol. The van der Waals surface area contributed by atoms with E-state index in [1.54, 1.807) is 24.3 Å². The molecular weight excluding hydrogens is 304 g/mol. The monoisotopic (exact) mass is 332 g/mol. The van der Waals surface area contributed by atoms with Gasteiger partial charge in [-0.1, -0.05) is 60.3 Å². The Balaban J connectivity index is 3.16. The third kappa shape index (κ3) is 5.22. The summed E-state index contributed by atoms with van der Waals surface area (Å²) < 4.78 is 11.0. The lowest BCUT2D eigenvalue weighted by molar-refractivity contribution is -0.133. The van der Waals surface area contributed by atoms with E-state index in [4.69, 9.17) is 9.47 Å². The molecule has 132 valence electrons. The van der Waals surface area contributed by atoms with Crippen molar-refractivity contribution < 1.29 is 19.1 Å². The van der Waals surface area contributed by atoms with Crippen LogP contribution in [0.15, 0.2) is 36.4 Å². The first-order valence-electron chi connectivity index (χ1n) is 8.01. The summed E-state index contributed by atoms with van der Waals surface area (Å²) in [5, 5.41) is 0. The minimum Gasteiger partial charge on any atom is -0.488 e. The Morgan fingerprint density at radius 1 is 1.00 bits per heavy atom. The van der Waals surface area contributed by atoms with Crippen LogP contribution in [0.3, 0.4) is 0 Å². The number of benzene rings is 1. The lowest BCUT2D eigenvalue weighted by Crippen LogP contribution is -2.43. The summed E-state index contributed by atoms with van der Waals surface area (Å²) in [7, 11) is 0. The van der Waals surface area contributed by atoms with E-state index in [-0.39, 0.29) is 28.1 Å². The molecule has 0 bridgehead atoms. The molecule has 24 heavy (non-hydrogen) atoms. The van der Waals surface area contributed by atoms with E-state index >= 15 is 0 Å². The number of carbonyl (C=O) groups is 2. The van der Waals surface area contributed by atoms with Crippen LogP contribution < -0.4 is 4.74 Å². The third-order valence-corrected chi connectivity index (χ3v) is 3.46. The Hall–Kier alpha value is -2.10. The second-order valence-corrected chi connectivity index (χ2v) is 8.18. The molecule has 0 unspecified atom stereocenters. The molecule has 0 aromatic heterocycles. The van der Waals surface area contributed by atoms with Crippen molar-refractivity contribution in [2.75, 3.05) is 0 Å². The number of esters is 2. The van der Waals surface area contributed by atoms with E-state index in [1.807, 2.05) is 0 Å². The van der Waals surface area contributed by atoms with Gasteiger partial charge in [0.2, 0.25) is 0 Å². The molecule has 0 spiro atoms. The summed E-state index contributed by atoms with van der Waals surface area (Å²) in [6.07, 6.45) is -0.143.